The predicted octanol–water partition coefficient (Wildman–Crippen LogP) is 7.33. The minimum atomic E-state index is 0. The van der Waals surface area contributed by atoms with Crippen molar-refractivity contribution in [1.29, 1.82) is 0 Å². The Bertz CT molecular complexity index is 1350. The van der Waals surface area contributed by atoms with Crippen molar-refractivity contribution in [2.75, 3.05) is 0 Å². The molecule has 6 rings (SSSR count). The number of rotatable bonds is 2. The average Bonchev–Trinajstić information content (AvgIpc) is 3.44. The van der Waals surface area contributed by atoms with Crippen molar-refractivity contribution in [3.8, 4) is 32.6 Å². The molecule has 0 aliphatic heterocycles. The van der Waals surface area contributed by atoms with Gasteiger partial charge in [0.1, 0.15) is 21.5 Å². The first-order valence-corrected chi connectivity index (χ1v) is 11.6. The van der Waals surface area contributed by atoms with Crippen LogP contribution in [0.4, 0.5) is 0 Å². The van der Waals surface area contributed by atoms with E-state index >= 15 is 0 Å². The molecule has 0 spiro atoms. The molecule has 0 radical (unpaired) electrons. The van der Waals surface area contributed by atoms with Crippen LogP contribution in [-0.4, -0.2) is 20.2 Å². The molecule has 0 saturated heterocycles. The summed E-state index contributed by atoms with van der Waals surface area (Å²) in [5, 5.41) is 21.2. The number of fused-ring (bicyclic) bond motifs is 2. The number of aromatic nitrogens is 2. The van der Waals surface area contributed by atoms with Crippen LogP contribution >= 0.6 is 22.7 Å². The molecular formula is C26H18N2O2S2Zn2. The van der Waals surface area contributed by atoms with E-state index in [0.717, 1.165) is 41.6 Å². The van der Waals surface area contributed by atoms with Crippen LogP contribution in [0.1, 0.15) is 0 Å². The molecular weight excluding hydrogens is 567 g/mol. The van der Waals surface area contributed by atoms with Gasteiger partial charge in [-0.2, -0.15) is 0 Å². The van der Waals surface area contributed by atoms with Crippen molar-refractivity contribution in [1.82, 2.24) is 9.97 Å². The molecule has 4 nitrogen and oxygen atoms in total. The van der Waals surface area contributed by atoms with Crippen LogP contribution < -0.4 is 0 Å². The van der Waals surface area contributed by atoms with Crippen molar-refractivity contribution in [2.45, 2.75) is 0 Å². The van der Waals surface area contributed by atoms with Gasteiger partial charge in [0.2, 0.25) is 0 Å². The minimum absolute atomic E-state index is 0. The molecule has 0 unspecified atom stereocenters. The molecule has 8 heteroatoms. The van der Waals surface area contributed by atoms with Gasteiger partial charge in [-0.1, -0.05) is 48.5 Å². The molecule has 0 aliphatic carbocycles. The van der Waals surface area contributed by atoms with Crippen molar-refractivity contribution in [3.05, 3.63) is 97.1 Å². The van der Waals surface area contributed by atoms with Gasteiger partial charge in [0.25, 0.3) is 0 Å². The maximum Gasteiger partial charge on any atom is 0.128 e. The smallest absolute Gasteiger partial charge is 0.128 e. The molecule has 2 aromatic heterocycles. The van der Waals surface area contributed by atoms with Crippen molar-refractivity contribution < 1.29 is 49.2 Å². The second-order valence-electron chi connectivity index (χ2n) is 7.01. The first-order valence-electron chi connectivity index (χ1n) is 9.97. The van der Waals surface area contributed by atoms with E-state index in [4.69, 9.17) is 0 Å². The topological polar surface area (TPSA) is 66.2 Å². The summed E-state index contributed by atoms with van der Waals surface area (Å²) < 4.78 is 2.28. The Morgan fingerprint density at radius 3 is 1.21 bits per heavy atom. The number of nitrogens with zero attached hydrogens (tertiary/aromatic N) is 2. The fraction of sp³-hybridized carbons (Fsp3) is 0. The number of para-hydroxylation sites is 4. The molecule has 0 saturated carbocycles. The minimum Gasteiger partial charge on any atom is -0.507 e. The molecule has 0 atom stereocenters. The first-order chi connectivity index (χ1) is 15.7. The third-order valence-corrected chi connectivity index (χ3v) is 7.00. The van der Waals surface area contributed by atoms with Gasteiger partial charge < -0.3 is 10.2 Å². The van der Waals surface area contributed by atoms with E-state index < -0.39 is 0 Å². The summed E-state index contributed by atoms with van der Waals surface area (Å²) in [4.78, 5) is 9.00. The number of aromatic hydroxyl groups is 2. The number of phenolic OH excluding ortho intramolecular Hbond substituents is 2. The van der Waals surface area contributed by atoms with Gasteiger partial charge in [-0.25, -0.2) is 9.97 Å². The Balaban J connectivity index is 0.000000180. The number of hydrogen-bond donors (Lipinski definition) is 2. The zero-order chi connectivity index (χ0) is 21.9. The number of phenols is 2. The molecule has 6 aromatic rings. The van der Waals surface area contributed by atoms with Gasteiger partial charge in [-0.05, 0) is 48.5 Å². The van der Waals surface area contributed by atoms with Gasteiger partial charge in [0.05, 0.1) is 31.6 Å². The standard InChI is InChI=1S/2C13H9NOS.2Zn/c2*15-11-7-3-1-5-9(11)13-14-10-6-2-4-8-12(10)16-13;;/h2*1-8,15H;;. The molecule has 0 aliphatic rings. The quantitative estimate of drug-likeness (QED) is 0.209. The van der Waals surface area contributed by atoms with Crippen molar-refractivity contribution in [2.24, 2.45) is 0 Å². The third kappa shape index (κ3) is 5.59. The summed E-state index contributed by atoms with van der Waals surface area (Å²) in [7, 11) is 0. The van der Waals surface area contributed by atoms with E-state index in [1.54, 1.807) is 34.8 Å². The van der Waals surface area contributed by atoms with E-state index in [1.807, 2.05) is 84.9 Å². The number of hydrogen-bond acceptors (Lipinski definition) is 6. The zero-order valence-electron chi connectivity index (χ0n) is 18.3. The predicted molar refractivity (Wildman–Crippen MR) is 133 cm³/mol. The molecule has 0 bridgehead atoms. The SMILES string of the molecule is Oc1ccccc1-c1nc2ccccc2s1.Oc1ccccc1-c1nc2ccccc2s1.[Zn].[Zn]. The Labute approximate surface area is 230 Å². The van der Waals surface area contributed by atoms with Crippen LogP contribution in [0.25, 0.3) is 41.6 Å². The summed E-state index contributed by atoms with van der Waals surface area (Å²) >= 11 is 3.19. The summed E-state index contributed by atoms with van der Waals surface area (Å²) in [5.74, 6) is 0.558. The molecule has 2 heterocycles. The van der Waals surface area contributed by atoms with Crippen molar-refractivity contribution in [3.63, 3.8) is 0 Å². The van der Waals surface area contributed by atoms with Crippen LogP contribution in [-0.2, 0) is 39.0 Å². The van der Waals surface area contributed by atoms with E-state index in [1.165, 1.54) is 0 Å². The monoisotopic (exact) mass is 582 g/mol. The van der Waals surface area contributed by atoms with Crippen LogP contribution in [0.5, 0.6) is 11.5 Å². The van der Waals surface area contributed by atoms with E-state index in [9.17, 15) is 10.2 Å². The largest absolute Gasteiger partial charge is 0.507 e. The third-order valence-electron chi connectivity index (χ3n) is 4.86. The van der Waals surface area contributed by atoms with Gasteiger partial charge in [-0.15, -0.1) is 22.7 Å². The fourth-order valence-corrected chi connectivity index (χ4v) is 5.28. The number of benzene rings is 4. The first kappa shape index (κ1) is 26.1. The summed E-state index contributed by atoms with van der Waals surface area (Å²) in [5.41, 5.74) is 3.55. The van der Waals surface area contributed by atoms with Gasteiger partial charge in [0, 0.05) is 39.0 Å². The van der Waals surface area contributed by atoms with Gasteiger partial charge in [0.15, 0.2) is 0 Å². The van der Waals surface area contributed by atoms with Crippen LogP contribution in [0.15, 0.2) is 97.1 Å². The average molecular weight is 585 g/mol. The Hall–Kier alpha value is -2.49. The van der Waals surface area contributed by atoms with Gasteiger partial charge >= 0.3 is 0 Å². The van der Waals surface area contributed by atoms with Crippen LogP contribution in [0.3, 0.4) is 0 Å². The van der Waals surface area contributed by atoms with Crippen LogP contribution in [0, 0.1) is 0 Å². The molecule has 0 amide bonds. The van der Waals surface area contributed by atoms with E-state index in [0.29, 0.717) is 0 Å². The second kappa shape index (κ2) is 11.8. The number of thiazole rings is 2. The Kier molecular flexibility index (Phi) is 9.04. The zero-order valence-corrected chi connectivity index (χ0v) is 25.8. The van der Waals surface area contributed by atoms with Crippen LogP contribution in [0.2, 0.25) is 0 Å². The van der Waals surface area contributed by atoms with E-state index in [2.05, 4.69) is 9.97 Å². The summed E-state index contributed by atoms with van der Waals surface area (Å²) in [6, 6.07) is 30.5. The Morgan fingerprint density at radius 1 is 0.471 bits per heavy atom. The maximum absolute atomic E-state index is 9.76. The maximum atomic E-state index is 9.76. The molecule has 4 aromatic carbocycles. The summed E-state index contributed by atoms with van der Waals surface area (Å²) in [6.07, 6.45) is 0. The van der Waals surface area contributed by atoms with Gasteiger partial charge in [-0.3, -0.25) is 0 Å². The molecule has 34 heavy (non-hydrogen) atoms. The van der Waals surface area contributed by atoms with Crippen molar-refractivity contribution >= 4 is 43.1 Å². The normalized spacial score (nSPS) is 10.1. The fourth-order valence-electron chi connectivity index (χ4n) is 3.28. The second-order valence-corrected chi connectivity index (χ2v) is 9.07. The Morgan fingerprint density at radius 2 is 0.824 bits per heavy atom. The summed E-state index contributed by atoms with van der Waals surface area (Å²) in [6.45, 7) is 0. The molecule has 160 valence electrons. The molecule has 0 fully saturated rings. The molecule has 2 N–H and O–H groups in total. The van der Waals surface area contributed by atoms with E-state index in [-0.39, 0.29) is 50.5 Å².